The number of piperazine rings is 1. The molecule has 1 atom stereocenters. The number of nitrogens with one attached hydrogen (secondary N) is 2. The summed E-state index contributed by atoms with van der Waals surface area (Å²) in [5, 5.41) is 9.83. The minimum Gasteiger partial charge on any atom is -0.354 e. The van der Waals surface area contributed by atoms with Crippen LogP contribution in [0.25, 0.3) is 5.65 Å². The lowest BCUT2D eigenvalue weighted by Gasteiger charge is -2.32. The lowest BCUT2D eigenvalue weighted by atomic mass is 10.2. The molecule has 0 saturated carbocycles. The molecule has 2 aromatic heterocycles. The van der Waals surface area contributed by atoms with E-state index in [4.69, 9.17) is 0 Å². The van der Waals surface area contributed by atoms with Gasteiger partial charge < -0.3 is 10.2 Å². The molecule has 0 aliphatic carbocycles. The van der Waals surface area contributed by atoms with Gasteiger partial charge in [-0.05, 0) is 13.8 Å². The Bertz CT molecular complexity index is 630. The molecule has 0 radical (unpaired) electrons. The molecular weight excluding hydrogens is 232 g/mol. The largest absolute Gasteiger partial charge is 0.354 e. The first-order valence-electron chi connectivity index (χ1n) is 6.08. The van der Waals surface area contributed by atoms with Gasteiger partial charge in [-0.3, -0.25) is 0 Å². The van der Waals surface area contributed by atoms with Crippen LogP contribution in [-0.2, 0) is 0 Å². The van der Waals surface area contributed by atoms with Crippen LogP contribution in [0.3, 0.4) is 0 Å². The van der Waals surface area contributed by atoms with Gasteiger partial charge in [0.1, 0.15) is 11.6 Å². The third-order valence-electron chi connectivity index (χ3n) is 3.25. The van der Waals surface area contributed by atoms with Gasteiger partial charge in [0.25, 0.3) is 0 Å². The van der Waals surface area contributed by atoms with E-state index < -0.39 is 0 Å². The average Bonchev–Trinajstić information content (AvgIpc) is 2.71. The van der Waals surface area contributed by atoms with Crippen LogP contribution in [0.4, 0.5) is 5.82 Å². The maximum Gasteiger partial charge on any atom is 0.349 e. The number of hydrogen-bond donors (Lipinski definition) is 2. The average molecular weight is 248 g/mol. The van der Waals surface area contributed by atoms with Crippen molar-refractivity contribution in [3.8, 4) is 0 Å². The molecule has 3 rings (SSSR count). The monoisotopic (exact) mass is 248 g/mol. The van der Waals surface area contributed by atoms with Gasteiger partial charge in [0, 0.05) is 31.7 Å². The van der Waals surface area contributed by atoms with Gasteiger partial charge in [0.2, 0.25) is 0 Å². The van der Waals surface area contributed by atoms with Crippen molar-refractivity contribution in [2.24, 2.45) is 0 Å². The topological polar surface area (TPSA) is 78.3 Å². The van der Waals surface area contributed by atoms with Crippen LogP contribution in [0.2, 0.25) is 0 Å². The SMILES string of the molecule is Cc1nc(N2CCN[C@H](C)C2)cc2n[nH]c(=O)n12. The molecule has 18 heavy (non-hydrogen) atoms. The molecule has 0 unspecified atom stereocenters. The number of aromatic amines is 1. The molecule has 1 fully saturated rings. The standard InChI is InChI=1S/C11H16N6O/c1-7-6-16(4-3-12-7)9-5-10-14-15-11(18)17(10)8(2)13-9/h5,7,12H,3-4,6H2,1-2H3,(H,15,18)/t7-/m1/s1. The van der Waals surface area contributed by atoms with Crippen molar-refractivity contribution in [3.05, 3.63) is 22.4 Å². The highest BCUT2D eigenvalue weighted by atomic mass is 16.1. The third kappa shape index (κ3) is 1.76. The number of fused-ring (bicyclic) bond motifs is 1. The van der Waals surface area contributed by atoms with E-state index in [-0.39, 0.29) is 5.69 Å². The van der Waals surface area contributed by atoms with Crippen molar-refractivity contribution in [2.45, 2.75) is 19.9 Å². The van der Waals surface area contributed by atoms with E-state index >= 15 is 0 Å². The number of rotatable bonds is 1. The van der Waals surface area contributed by atoms with E-state index in [0.717, 1.165) is 25.5 Å². The minimum absolute atomic E-state index is 0.241. The van der Waals surface area contributed by atoms with Crippen molar-refractivity contribution >= 4 is 11.5 Å². The Hall–Kier alpha value is -1.89. The van der Waals surface area contributed by atoms with Gasteiger partial charge in [0.15, 0.2) is 5.65 Å². The summed E-state index contributed by atoms with van der Waals surface area (Å²) in [4.78, 5) is 18.2. The first-order valence-corrected chi connectivity index (χ1v) is 6.08. The summed E-state index contributed by atoms with van der Waals surface area (Å²) in [5.74, 6) is 1.54. The Labute approximate surface area is 104 Å². The number of aryl methyl sites for hydroxylation is 1. The van der Waals surface area contributed by atoms with E-state index in [1.165, 1.54) is 4.40 Å². The second kappa shape index (κ2) is 4.09. The van der Waals surface area contributed by atoms with Gasteiger partial charge in [-0.1, -0.05) is 0 Å². The highest BCUT2D eigenvalue weighted by Crippen LogP contribution is 2.15. The predicted octanol–water partition coefficient (Wildman–Crippen LogP) is -0.476. The van der Waals surface area contributed by atoms with Crippen molar-refractivity contribution in [2.75, 3.05) is 24.5 Å². The van der Waals surface area contributed by atoms with Crippen LogP contribution in [0.5, 0.6) is 0 Å². The Kier molecular flexibility index (Phi) is 2.55. The number of H-pyrrole nitrogens is 1. The van der Waals surface area contributed by atoms with Crippen LogP contribution >= 0.6 is 0 Å². The second-order valence-electron chi connectivity index (χ2n) is 4.69. The van der Waals surface area contributed by atoms with Crippen molar-refractivity contribution in [1.29, 1.82) is 0 Å². The van der Waals surface area contributed by atoms with E-state index in [9.17, 15) is 4.79 Å². The molecule has 2 N–H and O–H groups in total. The predicted molar refractivity (Wildman–Crippen MR) is 68.0 cm³/mol. The Morgan fingerprint density at radius 1 is 1.50 bits per heavy atom. The van der Waals surface area contributed by atoms with Crippen molar-refractivity contribution in [1.82, 2.24) is 24.9 Å². The van der Waals surface area contributed by atoms with Gasteiger partial charge in [-0.2, -0.15) is 5.10 Å². The zero-order valence-corrected chi connectivity index (χ0v) is 10.5. The molecular formula is C11H16N6O. The molecule has 7 heteroatoms. The lowest BCUT2D eigenvalue weighted by molar-refractivity contribution is 0.482. The zero-order chi connectivity index (χ0) is 12.7. The minimum atomic E-state index is -0.241. The molecule has 0 amide bonds. The lowest BCUT2D eigenvalue weighted by Crippen LogP contribution is -2.49. The molecule has 1 aliphatic heterocycles. The molecule has 96 valence electrons. The van der Waals surface area contributed by atoms with Crippen molar-refractivity contribution < 1.29 is 0 Å². The van der Waals surface area contributed by atoms with E-state index in [1.807, 2.05) is 13.0 Å². The molecule has 7 nitrogen and oxygen atoms in total. The first kappa shape index (κ1) is 11.2. The second-order valence-corrected chi connectivity index (χ2v) is 4.69. The van der Waals surface area contributed by atoms with Gasteiger partial charge in [-0.25, -0.2) is 19.3 Å². The Balaban J connectivity index is 2.04. The molecule has 0 bridgehead atoms. The molecule has 3 heterocycles. The fraction of sp³-hybridized carbons (Fsp3) is 0.545. The zero-order valence-electron chi connectivity index (χ0n) is 10.5. The fourth-order valence-electron chi connectivity index (χ4n) is 2.38. The van der Waals surface area contributed by atoms with Crippen LogP contribution in [0.15, 0.2) is 10.9 Å². The summed E-state index contributed by atoms with van der Waals surface area (Å²) in [7, 11) is 0. The highest BCUT2D eigenvalue weighted by molar-refractivity contribution is 5.51. The molecule has 1 aliphatic rings. The summed E-state index contributed by atoms with van der Waals surface area (Å²) in [6, 6.07) is 2.29. The Morgan fingerprint density at radius 2 is 2.33 bits per heavy atom. The van der Waals surface area contributed by atoms with E-state index in [2.05, 4.69) is 32.3 Å². The summed E-state index contributed by atoms with van der Waals surface area (Å²) < 4.78 is 1.48. The van der Waals surface area contributed by atoms with Gasteiger partial charge >= 0.3 is 5.69 Å². The van der Waals surface area contributed by atoms with E-state index in [0.29, 0.717) is 17.5 Å². The maximum absolute atomic E-state index is 11.5. The fourth-order valence-corrected chi connectivity index (χ4v) is 2.38. The smallest absolute Gasteiger partial charge is 0.349 e. The highest BCUT2D eigenvalue weighted by Gasteiger charge is 2.18. The number of aromatic nitrogens is 4. The summed E-state index contributed by atoms with van der Waals surface area (Å²) in [6.45, 7) is 6.74. The van der Waals surface area contributed by atoms with E-state index in [1.54, 1.807) is 0 Å². The summed E-state index contributed by atoms with van der Waals surface area (Å²) in [5.41, 5.74) is 0.379. The summed E-state index contributed by atoms with van der Waals surface area (Å²) >= 11 is 0. The van der Waals surface area contributed by atoms with Crippen LogP contribution in [0.1, 0.15) is 12.7 Å². The summed E-state index contributed by atoms with van der Waals surface area (Å²) in [6.07, 6.45) is 0. The van der Waals surface area contributed by atoms with Crippen molar-refractivity contribution in [3.63, 3.8) is 0 Å². The number of anilines is 1. The van der Waals surface area contributed by atoms with Crippen LogP contribution in [0, 0.1) is 6.92 Å². The van der Waals surface area contributed by atoms with Crippen LogP contribution in [-0.4, -0.2) is 45.3 Å². The number of nitrogens with zero attached hydrogens (tertiary/aromatic N) is 4. The third-order valence-corrected chi connectivity index (χ3v) is 3.25. The molecule has 0 spiro atoms. The first-order chi connectivity index (χ1) is 8.65. The molecule has 2 aromatic rings. The molecule has 0 aromatic carbocycles. The van der Waals surface area contributed by atoms with Gasteiger partial charge in [0.05, 0.1) is 0 Å². The van der Waals surface area contributed by atoms with Gasteiger partial charge in [-0.15, -0.1) is 0 Å². The quantitative estimate of drug-likeness (QED) is 0.713. The maximum atomic E-state index is 11.5. The molecule has 1 saturated heterocycles. The van der Waals surface area contributed by atoms with Crippen LogP contribution < -0.4 is 15.9 Å². The number of hydrogen-bond acceptors (Lipinski definition) is 5. The Morgan fingerprint density at radius 3 is 3.11 bits per heavy atom. The normalized spacial score (nSPS) is 20.6.